The van der Waals surface area contributed by atoms with Crippen LogP contribution in [0.2, 0.25) is 0 Å². The van der Waals surface area contributed by atoms with E-state index in [1.807, 2.05) is 27.7 Å². The molecule has 9 nitrogen and oxygen atoms in total. The molecule has 9 heteroatoms. The zero-order valence-corrected chi connectivity index (χ0v) is 14.7. The molecule has 0 saturated carbocycles. The van der Waals surface area contributed by atoms with E-state index in [2.05, 4.69) is 5.32 Å². The van der Waals surface area contributed by atoms with Gasteiger partial charge in [0, 0.05) is 23.9 Å². The summed E-state index contributed by atoms with van der Waals surface area (Å²) >= 11 is 0. The van der Waals surface area contributed by atoms with Crippen molar-refractivity contribution in [2.75, 3.05) is 0 Å². The summed E-state index contributed by atoms with van der Waals surface area (Å²) in [6.45, 7) is 7.78. The highest BCUT2D eigenvalue weighted by Gasteiger charge is 2.43. The van der Waals surface area contributed by atoms with Gasteiger partial charge in [0.05, 0.1) is 12.3 Å². The number of aliphatic carboxylic acids is 3. The average molecular weight is 359 g/mol. The molecule has 1 atom stereocenters. The van der Waals surface area contributed by atoms with Gasteiger partial charge < -0.3 is 25.4 Å². The van der Waals surface area contributed by atoms with Gasteiger partial charge in [0.2, 0.25) is 0 Å². The van der Waals surface area contributed by atoms with E-state index in [0.29, 0.717) is 12.8 Å². The maximum Gasteiger partial charge on any atom is 0.318 e. The fraction of sp³-hybridized carbons (Fsp3) is 0.750. The molecule has 0 aromatic carbocycles. The molecule has 25 heavy (non-hydrogen) atoms. The van der Waals surface area contributed by atoms with Crippen LogP contribution in [0.4, 0.5) is 0 Å². The standard InChI is InChI=1S/C16H25NO8/c1-15(2)6-8(7-16(3,4)17-15)25-10(18)5-9(12(19)20)11(13(21)22)14(23)24/h8-9,11,17H,5-7H2,1-4H3,(H,19,20)(H,21,22)(H,23,24). The van der Waals surface area contributed by atoms with E-state index >= 15 is 0 Å². The minimum atomic E-state index is -2.22. The Balaban J connectivity index is 2.83. The Kier molecular flexibility index (Phi) is 6.17. The second-order valence-corrected chi connectivity index (χ2v) is 7.72. The summed E-state index contributed by atoms with van der Waals surface area (Å²) in [6.07, 6.45) is -0.285. The quantitative estimate of drug-likeness (QED) is 0.380. The molecule has 0 amide bonds. The van der Waals surface area contributed by atoms with Gasteiger partial charge in [-0.15, -0.1) is 0 Å². The summed E-state index contributed by atoms with van der Waals surface area (Å²) in [5.41, 5.74) is -0.604. The molecule has 0 radical (unpaired) electrons. The lowest BCUT2D eigenvalue weighted by Gasteiger charge is -2.45. The number of hydrogen-bond acceptors (Lipinski definition) is 6. The molecule has 4 N–H and O–H groups in total. The lowest BCUT2D eigenvalue weighted by molar-refractivity contribution is -0.168. The zero-order valence-electron chi connectivity index (χ0n) is 14.7. The number of carboxylic acid groups (broad SMARTS) is 3. The van der Waals surface area contributed by atoms with Crippen LogP contribution in [0.25, 0.3) is 0 Å². The fourth-order valence-corrected chi connectivity index (χ4v) is 3.52. The maximum atomic E-state index is 12.1. The first-order chi connectivity index (χ1) is 11.2. The highest BCUT2D eigenvalue weighted by atomic mass is 16.5. The topological polar surface area (TPSA) is 150 Å². The number of nitrogens with one attached hydrogen (secondary N) is 1. The molecule has 0 spiro atoms. The van der Waals surface area contributed by atoms with Crippen molar-refractivity contribution in [3.05, 3.63) is 0 Å². The van der Waals surface area contributed by atoms with E-state index < -0.39 is 48.2 Å². The molecule has 1 aliphatic rings. The van der Waals surface area contributed by atoms with Crippen LogP contribution in [0.1, 0.15) is 47.0 Å². The molecule has 1 saturated heterocycles. The summed E-state index contributed by atoms with van der Waals surface area (Å²) in [7, 11) is 0. The number of ether oxygens (including phenoxy) is 1. The number of carbonyl (C=O) groups excluding carboxylic acids is 1. The number of piperidine rings is 1. The van der Waals surface area contributed by atoms with Gasteiger partial charge >= 0.3 is 23.9 Å². The first kappa shape index (κ1) is 20.9. The van der Waals surface area contributed by atoms with Gasteiger partial charge in [-0.1, -0.05) is 0 Å². The Morgan fingerprint density at radius 1 is 0.960 bits per heavy atom. The lowest BCUT2D eigenvalue weighted by atomic mass is 9.81. The van der Waals surface area contributed by atoms with Gasteiger partial charge in [-0.05, 0) is 27.7 Å². The van der Waals surface area contributed by atoms with Gasteiger partial charge in [0.15, 0.2) is 5.92 Å². The van der Waals surface area contributed by atoms with Crippen LogP contribution in [0.3, 0.4) is 0 Å². The van der Waals surface area contributed by atoms with Crippen molar-refractivity contribution < 1.29 is 39.2 Å². The monoisotopic (exact) mass is 359 g/mol. The normalized spacial score (nSPS) is 20.7. The number of hydrogen-bond donors (Lipinski definition) is 4. The van der Waals surface area contributed by atoms with Crippen molar-refractivity contribution in [1.29, 1.82) is 0 Å². The van der Waals surface area contributed by atoms with E-state index in [1.54, 1.807) is 0 Å². The van der Waals surface area contributed by atoms with Crippen LogP contribution in [-0.2, 0) is 23.9 Å². The first-order valence-corrected chi connectivity index (χ1v) is 7.91. The van der Waals surface area contributed by atoms with Gasteiger partial charge in [-0.3, -0.25) is 19.2 Å². The van der Waals surface area contributed by atoms with Gasteiger partial charge in [0.1, 0.15) is 6.10 Å². The molecule has 0 bridgehead atoms. The predicted molar refractivity (Wildman–Crippen MR) is 84.9 cm³/mol. The van der Waals surface area contributed by atoms with Crippen molar-refractivity contribution in [3.8, 4) is 0 Å². The number of carboxylic acids is 3. The second kappa shape index (κ2) is 7.38. The third kappa shape index (κ3) is 6.00. The third-order valence-electron chi connectivity index (χ3n) is 4.09. The van der Waals surface area contributed by atoms with Crippen molar-refractivity contribution in [2.45, 2.75) is 64.1 Å². The zero-order chi connectivity index (χ0) is 19.6. The molecular weight excluding hydrogens is 334 g/mol. The third-order valence-corrected chi connectivity index (χ3v) is 4.09. The van der Waals surface area contributed by atoms with Crippen LogP contribution < -0.4 is 5.32 Å². The van der Waals surface area contributed by atoms with E-state index in [9.17, 15) is 19.2 Å². The molecular formula is C16H25NO8. The summed E-state index contributed by atoms with van der Waals surface area (Å²) < 4.78 is 5.32. The molecule has 1 fully saturated rings. The Hall–Kier alpha value is -2.16. The van der Waals surface area contributed by atoms with Gasteiger partial charge in [0.25, 0.3) is 0 Å². The fourth-order valence-electron chi connectivity index (χ4n) is 3.52. The summed E-state index contributed by atoms with van der Waals surface area (Å²) in [5, 5.41) is 30.4. The summed E-state index contributed by atoms with van der Waals surface area (Å²) in [4.78, 5) is 45.4. The Bertz CT molecular complexity index is 538. The minimum Gasteiger partial charge on any atom is -0.481 e. The van der Waals surface area contributed by atoms with E-state index in [-0.39, 0.29) is 11.1 Å². The van der Waals surface area contributed by atoms with E-state index in [1.165, 1.54) is 0 Å². The molecule has 1 aliphatic heterocycles. The van der Waals surface area contributed by atoms with E-state index in [4.69, 9.17) is 20.1 Å². The van der Waals surface area contributed by atoms with Crippen LogP contribution >= 0.6 is 0 Å². The van der Waals surface area contributed by atoms with Crippen molar-refractivity contribution >= 4 is 23.9 Å². The van der Waals surface area contributed by atoms with Crippen LogP contribution in [0, 0.1) is 11.8 Å². The minimum absolute atomic E-state index is 0.302. The van der Waals surface area contributed by atoms with Crippen LogP contribution in [-0.4, -0.2) is 56.4 Å². The van der Waals surface area contributed by atoms with Crippen LogP contribution in [0.5, 0.6) is 0 Å². The smallest absolute Gasteiger partial charge is 0.318 e. The number of carbonyl (C=O) groups is 4. The highest BCUT2D eigenvalue weighted by molar-refractivity contribution is 5.98. The summed E-state index contributed by atoms with van der Waals surface area (Å²) in [6, 6.07) is 0. The van der Waals surface area contributed by atoms with E-state index in [0.717, 1.165) is 0 Å². The molecule has 142 valence electrons. The van der Waals surface area contributed by atoms with Crippen molar-refractivity contribution in [2.24, 2.45) is 11.8 Å². The second-order valence-electron chi connectivity index (χ2n) is 7.72. The molecule has 0 aromatic rings. The predicted octanol–water partition coefficient (Wildman–Crippen LogP) is 0.715. The first-order valence-electron chi connectivity index (χ1n) is 7.91. The lowest BCUT2D eigenvalue weighted by Crippen LogP contribution is -2.59. The number of esters is 1. The molecule has 0 aliphatic carbocycles. The Morgan fingerprint density at radius 3 is 1.76 bits per heavy atom. The molecule has 1 unspecified atom stereocenters. The number of rotatable bonds is 7. The van der Waals surface area contributed by atoms with Crippen LogP contribution in [0.15, 0.2) is 0 Å². The Morgan fingerprint density at radius 2 is 1.40 bits per heavy atom. The van der Waals surface area contributed by atoms with Crippen molar-refractivity contribution in [3.63, 3.8) is 0 Å². The SMILES string of the molecule is CC1(C)CC(OC(=O)CC(C(=O)O)C(C(=O)O)C(=O)O)CC(C)(C)N1. The highest BCUT2D eigenvalue weighted by Crippen LogP contribution is 2.31. The molecule has 1 rings (SSSR count). The Labute approximate surface area is 145 Å². The summed E-state index contributed by atoms with van der Waals surface area (Å²) in [5.74, 6) is -10.3. The average Bonchev–Trinajstić information content (AvgIpc) is 2.32. The maximum absolute atomic E-state index is 12.1. The van der Waals surface area contributed by atoms with Gasteiger partial charge in [-0.25, -0.2) is 0 Å². The van der Waals surface area contributed by atoms with Gasteiger partial charge in [-0.2, -0.15) is 0 Å². The largest absolute Gasteiger partial charge is 0.481 e. The van der Waals surface area contributed by atoms with Crippen molar-refractivity contribution in [1.82, 2.24) is 5.32 Å². The molecule has 1 heterocycles. The molecule has 0 aromatic heterocycles.